The van der Waals surface area contributed by atoms with Gasteiger partial charge in [-0.2, -0.15) is 13.2 Å². The SMILES string of the molecule is NC(=O)c1cc(C(F)(F)F)ccc1Oc1ccccc1. The number of para-hydroxylation sites is 1. The normalized spacial score (nSPS) is 11.2. The Bertz CT molecular complexity index is 624. The van der Waals surface area contributed by atoms with E-state index in [2.05, 4.69) is 0 Å². The van der Waals surface area contributed by atoms with Gasteiger partial charge < -0.3 is 10.5 Å². The summed E-state index contributed by atoms with van der Waals surface area (Å²) >= 11 is 0. The number of hydrogen-bond acceptors (Lipinski definition) is 2. The first-order chi connectivity index (χ1) is 9.38. The quantitative estimate of drug-likeness (QED) is 0.934. The molecular formula is C14H10F3NO2. The molecular weight excluding hydrogens is 271 g/mol. The van der Waals surface area contributed by atoms with Crippen molar-refractivity contribution in [3.8, 4) is 11.5 Å². The number of alkyl halides is 3. The zero-order chi connectivity index (χ0) is 14.8. The summed E-state index contributed by atoms with van der Waals surface area (Å²) in [5.41, 5.74) is 3.83. The molecule has 0 aliphatic carbocycles. The number of carbonyl (C=O) groups excluding carboxylic acids is 1. The second kappa shape index (κ2) is 5.24. The molecule has 0 unspecified atom stereocenters. The molecule has 0 radical (unpaired) electrons. The molecule has 0 heterocycles. The Morgan fingerprint density at radius 1 is 1.05 bits per heavy atom. The maximum Gasteiger partial charge on any atom is 0.416 e. The van der Waals surface area contributed by atoms with Crippen LogP contribution in [-0.4, -0.2) is 5.91 Å². The van der Waals surface area contributed by atoms with E-state index in [-0.39, 0.29) is 11.3 Å². The van der Waals surface area contributed by atoms with Gasteiger partial charge in [0.05, 0.1) is 11.1 Å². The molecule has 104 valence electrons. The molecule has 3 nitrogen and oxygen atoms in total. The van der Waals surface area contributed by atoms with Gasteiger partial charge in [0, 0.05) is 0 Å². The summed E-state index contributed by atoms with van der Waals surface area (Å²) in [6.45, 7) is 0. The van der Waals surface area contributed by atoms with Crippen molar-refractivity contribution in [2.24, 2.45) is 5.73 Å². The van der Waals surface area contributed by atoms with Crippen LogP contribution in [0.15, 0.2) is 48.5 Å². The van der Waals surface area contributed by atoms with Crippen molar-refractivity contribution < 1.29 is 22.7 Å². The van der Waals surface area contributed by atoms with Crippen LogP contribution in [0.5, 0.6) is 11.5 Å². The topological polar surface area (TPSA) is 52.3 Å². The molecule has 1 amide bonds. The molecule has 20 heavy (non-hydrogen) atoms. The molecule has 0 bridgehead atoms. The van der Waals surface area contributed by atoms with E-state index in [0.29, 0.717) is 11.8 Å². The second-order valence-electron chi connectivity index (χ2n) is 3.99. The van der Waals surface area contributed by atoms with Gasteiger partial charge in [0.1, 0.15) is 11.5 Å². The van der Waals surface area contributed by atoms with Crippen molar-refractivity contribution >= 4 is 5.91 Å². The fourth-order valence-electron chi connectivity index (χ4n) is 1.60. The van der Waals surface area contributed by atoms with Crippen LogP contribution in [0.25, 0.3) is 0 Å². The summed E-state index contributed by atoms with van der Waals surface area (Å²) in [5, 5.41) is 0. The van der Waals surface area contributed by atoms with E-state index in [1.165, 1.54) is 0 Å². The van der Waals surface area contributed by atoms with Crippen LogP contribution in [0.2, 0.25) is 0 Å². The maximum atomic E-state index is 12.6. The van der Waals surface area contributed by atoms with Crippen LogP contribution >= 0.6 is 0 Å². The monoisotopic (exact) mass is 281 g/mol. The Balaban J connectivity index is 2.41. The largest absolute Gasteiger partial charge is 0.457 e. The molecule has 0 aromatic heterocycles. The minimum absolute atomic E-state index is 0.0169. The lowest BCUT2D eigenvalue weighted by molar-refractivity contribution is -0.137. The number of amides is 1. The van der Waals surface area contributed by atoms with Crippen LogP contribution in [0, 0.1) is 0 Å². The molecule has 0 aliphatic rings. The summed E-state index contributed by atoms with van der Waals surface area (Å²) in [4.78, 5) is 11.3. The number of hydrogen-bond donors (Lipinski definition) is 1. The number of rotatable bonds is 3. The highest BCUT2D eigenvalue weighted by Crippen LogP contribution is 2.33. The summed E-state index contributed by atoms with van der Waals surface area (Å²) in [7, 11) is 0. The van der Waals surface area contributed by atoms with Crippen molar-refractivity contribution in [3.63, 3.8) is 0 Å². The summed E-state index contributed by atoms with van der Waals surface area (Å²) in [6.07, 6.45) is -4.55. The fraction of sp³-hybridized carbons (Fsp3) is 0.0714. The first-order valence-electron chi connectivity index (χ1n) is 5.62. The summed E-state index contributed by atoms with van der Waals surface area (Å²) in [6, 6.07) is 11.0. The predicted molar refractivity (Wildman–Crippen MR) is 66.5 cm³/mol. The van der Waals surface area contributed by atoms with Gasteiger partial charge in [0.2, 0.25) is 0 Å². The maximum absolute atomic E-state index is 12.6. The first-order valence-corrected chi connectivity index (χ1v) is 5.62. The predicted octanol–water partition coefficient (Wildman–Crippen LogP) is 3.60. The number of nitrogens with two attached hydrogens (primary N) is 1. The van der Waals surface area contributed by atoms with Gasteiger partial charge in [-0.05, 0) is 30.3 Å². The summed E-state index contributed by atoms with van der Waals surface area (Å²) < 4.78 is 43.2. The number of ether oxygens (including phenoxy) is 1. The molecule has 0 atom stereocenters. The molecule has 6 heteroatoms. The molecule has 2 aromatic carbocycles. The van der Waals surface area contributed by atoms with Crippen molar-refractivity contribution in [1.29, 1.82) is 0 Å². The Morgan fingerprint density at radius 2 is 1.70 bits per heavy atom. The molecule has 0 saturated carbocycles. The third kappa shape index (κ3) is 3.09. The minimum Gasteiger partial charge on any atom is -0.457 e. The average molecular weight is 281 g/mol. The Kier molecular flexibility index (Phi) is 3.65. The summed E-state index contributed by atoms with van der Waals surface area (Å²) in [5.74, 6) is -0.603. The fourth-order valence-corrected chi connectivity index (χ4v) is 1.60. The lowest BCUT2D eigenvalue weighted by Gasteiger charge is -2.12. The van der Waals surface area contributed by atoms with Gasteiger partial charge in [-0.3, -0.25) is 4.79 Å². The van der Waals surface area contributed by atoms with E-state index < -0.39 is 17.6 Å². The van der Waals surface area contributed by atoms with E-state index in [1.807, 2.05) is 0 Å². The second-order valence-corrected chi connectivity index (χ2v) is 3.99. The molecule has 2 rings (SSSR count). The average Bonchev–Trinajstić information content (AvgIpc) is 2.38. The number of carbonyl (C=O) groups is 1. The Labute approximate surface area is 112 Å². The lowest BCUT2D eigenvalue weighted by atomic mass is 10.1. The van der Waals surface area contributed by atoms with Crippen molar-refractivity contribution in [3.05, 3.63) is 59.7 Å². The zero-order valence-corrected chi connectivity index (χ0v) is 10.1. The third-order valence-electron chi connectivity index (χ3n) is 2.54. The zero-order valence-electron chi connectivity index (χ0n) is 10.1. The Hall–Kier alpha value is -2.50. The number of halogens is 3. The highest BCUT2D eigenvalue weighted by molar-refractivity contribution is 5.96. The number of primary amides is 1. The Morgan fingerprint density at radius 3 is 2.25 bits per heavy atom. The molecule has 2 N–H and O–H groups in total. The van der Waals surface area contributed by atoms with Gasteiger partial charge in [-0.15, -0.1) is 0 Å². The molecule has 2 aromatic rings. The van der Waals surface area contributed by atoms with Crippen molar-refractivity contribution in [2.75, 3.05) is 0 Å². The van der Waals surface area contributed by atoms with Crippen LogP contribution < -0.4 is 10.5 Å². The van der Waals surface area contributed by atoms with E-state index in [0.717, 1.165) is 12.1 Å². The van der Waals surface area contributed by atoms with Gasteiger partial charge >= 0.3 is 6.18 Å². The van der Waals surface area contributed by atoms with Crippen molar-refractivity contribution in [2.45, 2.75) is 6.18 Å². The molecule has 0 fully saturated rings. The van der Waals surface area contributed by atoms with Gasteiger partial charge in [0.25, 0.3) is 5.91 Å². The standard InChI is InChI=1S/C14H10F3NO2/c15-14(16,17)9-6-7-12(11(8-9)13(18)19)20-10-4-2-1-3-5-10/h1-8H,(H2,18,19). The van der Waals surface area contributed by atoms with Crippen LogP contribution in [0.3, 0.4) is 0 Å². The van der Waals surface area contributed by atoms with Crippen LogP contribution in [0.1, 0.15) is 15.9 Å². The van der Waals surface area contributed by atoms with E-state index >= 15 is 0 Å². The van der Waals surface area contributed by atoms with E-state index in [1.54, 1.807) is 30.3 Å². The highest BCUT2D eigenvalue weighted by atomic mass is 19.4. The number of benzene rings is 2. The van der Waals surface area contributed by atoms with Crippen molar-refractivity contribution in [1.82, 2.24) is 0 Å². The van der Waals surface area contributed by atoms with Crippen LogP contribution in [-0.2, 0) is 6.18 Å². The molecule has 0 aliphatic heterocycles. The molecule has 0 spiro atoms. The van der Waals surface area contributed by atoms with E-state index in [4.69, 9.17) is 10.5 Å². The van der Waals surface area contributed by atoms with E-state index in [9.17, 15) is 18.0 Å². The molecule has 0 saturated heterocycles. The first kappa shape index (κ1) is 13.9. The van der Waals surface area contributed by atoms with Gasteiger partial charge in [-0.1, -0.05) is 18.2 Å². The minimum atomic E-state index is -4.55. The third-order valence-corrected chi connectivity index (χ3v) is 2.54. The van der Waals surface area contributed by atoms with Crippen LogP contribution in [0.4, 0.5) is 13.2 Å². The smallest absolute Gasteiger partial charge is 0.416 e. The lowest BCUT2D eigenvalue weighted by Crippen LogP contribution is -2.14. The highest BCUT2D eigenvalue weighted by Gasteiger charge is 2.31. The van der Waals surface area contributed by atoms with Gasteiger partial charge in [-0.25, -0.2) is 0 Å². The van der Waals surface area contributed by atoms with Gasteiger partial charge in [0.15, 0.2) is 0 Å².